The van der Waals surface area contributed by atoms with Crippen molar-refractivity contribution in [2.24, 2.45) is 5.92 Å². The number of nitrogens with one attached hydrogen (secondary N) is 2. The van der Waals surface area contributed by atoms with Gasteiger partial charge in [-0.05, 0) is 56.1 Å². The van der Waals surface area contributed by atoms with E-state index in [2.05, 4.69) is 15.5 Å². The second-order valence-corrected chi connectivity index (χ2v) is 6.47. The number of carbonyl (C=O) groups excluding carboxylic acids is 2. The smallest absolute Gasteiger partial charge is 0.224 e. The third-order valence-corrected chi connectivity index (χ3v) is 4.14. The van der Waals surface area contributed by atoms with Crippen LogP contribution in [0.15, 0.2) is 24.3 Å². The highest BCUT2D eigenvalue weighted by Crippen LogP contribution is 2.12. The van der Waals surface area contributed by atoms with Gasteiger partial charge in [-0.1, -0.05) is 6.92 Å². The van der Waals surface area contributed by atoms with Gasteiger partial charge in [0, 0.05) is 31.6 Å². The largest absolute Gasteiger partial charge is 0.355 e. The van der Waals surface area contributed by atoms with Gasteiger partial charge in [0.15, 0.2) is 0 Å². The highest BCUT2D eigenvalue weighted by Gasteiger charge is 2.15. The lowest BCUT2D eigenvalue weighted by molar-refractivity contribution is -0.122. The van der Waals surface area contributed by atoms with Gasteiger partial charge in [0.25, 0.3) is 0 Å². The summed E-state index contributed by atoms with van der Waals surface area (Å²) in [6.45, 7) is 5.68. The van der Waals surface area contributed by atoms with Crippen LogP contribution in [0.2, 0.25) is 0 Å². The van der Waals surface area contributed by atoms with Crippen LogP contribution in [0.5, 0.6) is 0 Å². The molecule has 2 N–H and O–H groups in total. The Balaban J connectivity index is 1.62. The summed E-state index contributed by atoms with van der Waals surface area (Å²) in [7, 11) is 0. The van der Waals surface area contributed by atoms with Gasteiger partial charge in [0.05, 0.1) is 0 Å². The van der Waals surface area contributed by atoms with Crippen molar-refractivity contribution < 1.29 is 14.0 Å². The Labute approximate surface area is 142 Å². The number of anilines is 1. The second kappa shape index (κ2) is 9.37. The lowest BCUT2D eigenvalue weighted by Gasteiger charge is -2.16. The Morgan fingerprint density at radius 2 is 1.75 bits per heavy atom. The van der Waals surface area contributed by atoms with Crippen molar-refractivity contribution in [2.45, 2.75) is 32.6 Å². The van der Waals surface area contributed by atoms with Crippen LogP contribution in [0.3, 0.4) is 0 Å². The zero-order chi connectivity index (χ0) is 17.4. The van der Waals surface area contributed by atoms with Gasteiger partial charge in [-0.3, -0.25) is 9.59 Å². The molecule has 0 spiro atoms. The van der Waals surface area contributed by atoms with Crippen LogP contribution in [-0.4, -0.2) is 42.9 Å². The Morgan fingerprint density at radius 1 is 1.12 bits per heavy atom. The van der Waals surface area contributed by atoms with Crippen molar-refractivity contribution in [1.29, 1.82) is 0 Å². The van der Waals surface area contributed by atoms with Gasteiger partial charge in [-0.15, -0.1) is 0 Å². The van der Waals surface area contributed by atoms with Gasteiger partial charge in [-0.25, -0.2) is 4.39 Å². The molecular weight excluding hydrogens is 309 g/mol. The van der Waals surface area contributed by atoms with Crippen LogP contribution < -0.4 is 10.6 Å². The van der Waals surface area contributed by atoms with Gasteiger partial charge in [0.1, 0.15) is 5.82 Å². The van der Waals surface area contributed by atoms with Crippen molar-refractivity contribution in [3.05, 3.63) is 30.1 Å². The molecule has 132 valence electrons. The second-order valence-electron chi connectivity index (χ2n) is 6.47. The number of halogens is 1. The standard InChI is InChI=1S/C18H26FN3O2/c1-14(12-17(23)20-8-11-22-9-2-3-10-22)13-18(24)21-16-6-4-15(19)5-7-16/h4-7,14H,2-3,8-13H2,1H3,(H,20,23)(H,21,24)/t14-/m1/s1. The monoisotopic (exact) mass is 335 g/mol. The molecule has 2 rings (SSSR count). The first-order valence-corrected chi connectivity index (χ1v) is 8.57. The first kappa shape index (κ1) is 18.4. The Hall–Kier alpha value is -1.95. The van der Waals surface area contributed by atoms with Crippen LogP contribution >= 0.6 is 0 Å². The van der Waals surface area contributed by atoms with Gasteiger partial charge in [-0.2, -0.15) is 0 Å². The van der Waals surface area contributed by atoms with E-state index < -0.39 is 0 Å². The molecule has 6 heteroatoms. The summed E-state index contributed by atoms with van der Waals surface area (Å²) >= 11 is 0. The minimum absolute atomic E-state index is 0.0173. The molecule has 24 heavy (non-hydrogen) atoms. The average Bonchev–Trinajstić information content (AvgIpc) is 3.02. The Morgan fingerprint density at radius 3 is 2.42 bits per heavy atom. The maximum absolute atomic E-state index is 12.8. The molecule has 5 nitrogen and oxygen atoms in total. The fraction of sp³-hybridized carbons (Fsp3) is 0.556. The molecule has 1 saturated heterocycles. The quantitative estimate of drug-likeness (QED) is 0.767. The maximum Gasteiger partial charge on any atom is 0.224 e. The van der Waals surface area contributed by atoms with Crippen molar-refractivity contribution in [2.75, 3.05) is 31.5 Å². The van der Waals surface area contributed by atoms with E-state index in [0.29, 0.717) is 18.7 Å². The Kier molecular flexibility index (Phi) is 7.18. The molecule has 1 atom stereocenters. The minimum Gasteiger partial charge on any atom is -0.355 e. The molecule has 1 aromatic rings. The van der Waals surface area contributed by atoms with Crippen molar-refractivity contribution >= 4 is 17.5 Å². The summed E-state index contributed by atoms with van der Waals surface area (Å²) in [5.74, 6) is -0.570. The maximum atomic E-state index is 12.8. The SMILES string of the molecule is C[C@H](CC(=O)NCCN1CCCC1)CC(=O)Nc1ccc(F)cc1. The number of hydrogen-bond acceptors (Lipinski definition) is 3. The van der Waals surface area contributed by atoms with E-state index in [4.69, 9.17) is 0 Å². The molecule has 1 fully saturated rings. The summed E-state index contributed by atoms with van der Waals surface area (Å²) < 4.78 is 12.8. The van der Waals surface area contributed by atoms with E-state index in [1.165, 1.54) is 37.1 Å². The number of rotatable bonds is 8. The molecule has 0 bridgehead atoms. The van der Waals surface area contributed by atoms with Crippen LogP contribution in [0, 0.1) is 11.7 Å². The van der Waals surface area contributed by atoms with E-state index in [1.54, 1.807) is 0 Å². The molecule has 0 unspecified atom stereocenters. The first-order chi connectivity index (χ1) is 11.5. The van der Waals surface area contributed by atoms with Crippen molar-refractivity contribution in [1.82, 2.24) is 10.2 Å². The number of nitrogens with zero attached hydrogens (tertiary/aromatic N) is 1. The molecule has 0 saturated carbocycles. The summed E-state index contributed by atoms with van der Waals surface area (Å²) in [4.78, 5) is 26.2. The highest BCUT2D eigenvalue weighted by atomic mass is 19.1. The van der Waals surface area contributed by atoms with Gasteiger partial charge >= 0.3 is 0 Å². The third-order valence-electron chi connectivity index (χ3n) is 4.14. The van der Waals surface area contributed by atoms with Crippen LogP contribution in [-0.2, 0) is 9.59 Å². The van der Waals surface area contributed by atoms with E-state index in [-0.39, 0.29) is 30.0 Å². The zero-order valence-electron chi connectivity index (χ0n) is 14.2. The number of amides is 2. The van der Waals surface area contributed by atoms with Gasteiger partial charge < -0.3 is 15.5 Å². The highest BCUT2D eigenvalue weighted by molar-refractivity contribution is 5.91. The van der Waals surface area contributed by atoms with E-state index >= 15 is 0 Å². The molecule has 1 aromatic carbocycles. The summed E-state index contributed by atoms with van der Waals surface area (Å²) in [5, 5.41) is 5.63. The van der Waals surface area contributed by atoms with Crippen LogP contribution in [0.4, 0.5) is 10.1 Å². The fourth-order valence-corrected chi connectivity index (χ4v) is 2.88. The van der Waals surface area contributed by atoms with Crippen molar-refractivity contribution in [3.8, 4) is 0 Å². The van der Waals surface area contributed by atoms with E-state index in [9.17, 15) is 14.0 Å². The minimum atomic E-state index is -0.341. The number of likely N-dealkylation sites (tertiary alicyclic amines) is 1. The number of carbonyl (C=O) groups is 2. The number of hydrogen-bond donors (Lipinski definition) is 2. The molecular formula is C18H26FN3O2. The summed E-state index contributed by atoms with van der Waals surface area (Å²) in [6, 6.07) is 5.63. The fourth-order valence-electron chi connectivity index (χ4n) is 2.88. The molecule has 1 aliphatic heterocycles. The summed E-state index contributed by atoms with van der Waals surface area (Å²) in [5.41, 5.74) is 0.559. The lowest BCUT2D eigenvalue weighted by Crippen LogP contribution is -2.34. The average molecular weight is 335 g/mol. The van der Waals surface area contributed by atoms with E-state index in [1.807, 2.05) is 6.92 Å². The molecule has 1 aliphatic rings. The number of benzene rings is 1. The summed E-state index contributed by atoms with van der Waals surface area (Å²) in [6.07, 6.45) is 3.08. The molecule has 0 aliphatic carbocycles. The lowest BCUT2D eigenvalue weighted by atomic mass is 10.0. The zero-order valence-corrected chi connectivity index (χ0v) is 14.2. The predicted molar refractivity (Wildman–Crippen MR) is 92.1 cm³/mol. The topological polar surface area (TPSA) is 61.4 Å². The molecule has 1 heterocycles. The normalized spacial score (nSPS) is 15.9. The van der Waals surface area contributed by atoms with E-state index in [0.717, 1.165) is 19.6 Å². The predicted octanol–water partition coefficient (Wildman–Crippen LogP) is 2.39. The first-order valence-electron chi connectivity index (χ1n) is 8.57. The van der Waals surface area contributed by atoms with Crippen LogP contribution in [0.1, 0.15) is 32.6 Å². The molecule has 0 radical (unpaired) electrons. The van der Waals surface area contributed by atoms with Crippen LogP contribution in [0.25, 0.3) is 0 Å². The molecule has 0 aromatic heterocycles. The van der Waals surface area contributed by atoms with Crippen molar-refractivity contribution in [3.63, 3.8) is 0 Å². The Bertz CT molecular complexity index is 542. The molecule has 2 amide bonds. The van der Waals surface area contributed by atoms with Gasteiger partial charge in [0.2, 0.25) is 11.8 Å². The third kappa shape index (κ3) is 6.66.